The molecule has 6 nitrogen and oxygen atoms in total. The first-order valence-corrected chi connectivity index (χ1v) is 7.72. The Labute approximate surface area is 126 Å². The van der Waals surface area contributed by atoms with Crippen LogP contribution in [0, 0.1) is 5.92 Å². The van der Waals surface area contributed by atoms with Crippen molar-refractivity contribution in [3.63, 3.8) is 0 Å². The molecule has 0 radical (unpaired) electrons. The van der Waals surface area contributed by atoms with Gasteiger partial charge in [0.25, 0.3) is 0 Å². The number of primary amides is 1. The fourth-order valence-corrected chi connectivity index (χ4v) is 2.64. The van der Waals surface area contributed by atoms with Crippen LogP contribution in [0.3, 0.4) is 0 Å². The van der Waals surface area contributed by atoms with Gasteiger partial charge in [0.15, 0.2) is 0 Å². The van der Waals surface area contributed by atoms with E-state index in [-0.39, 0.29) is 5.91 Å². The fourth-order valence-electron chi connectivity index (χ4n) is 2.64. The van der Waals surface area contributed by atoms with Crippen LogP contribution in [0.15, 0.2) is 12.4 Å². The standard InChI is InChI=1S/C15H25N5O/c1-2-5-17-15-10-18-13(9-19-15)11-20-6-3-12(4-7-20)8-14(16)21/h9-10,12H,2-8,11H2,1H3,(H2,16,21)(H,17,19). The number of likely N-dealkylation sites (tertiary alicyclic amines) is 1. The third-order valence-corrected chi connectivity index (χ3v) is 3.84. The summed E-state index contributed by atoms with van der Waals surface area (Å²) in [7, 11) is 0. The van der Waals surface area contributed by atoms with Crippen LogP contribution < -0.4 is 11.1 Å². The zero-order valence-corrected chi connectivity index (χ0v) is 12.7. The first-order valence-electron chi connectivity index (χ1n) is 7.72. The van der Waals surface area contributed by atoms with Gasteiger partial charge in [-0.1, -0.05) is 6.92 Å². The summed E-state index contributed by atoms with van der Waals surface area (Å²) < 4.78 is 0. The highest BCUT2D eigenvalue weighted by atomic mass is 16.1. The first kappa shape index (κ1) is 15.7. The van der Waals surface area contributed by atoms with E-state index in [1.165, 1.54) is 0 Å². The van der Waals surface area contributed by atoms with Crippen LogP contribution in [0.1, 0.15) is 38.3 Å². The van der Waals surface area contributed by atoms with Crippen molar-refractivity contribution >= 4 is 11.7 Å². The minimum absolute atomic E-state index is 0.186. The molecular formula is C15H25N5O. The van der Waals surface area contributed by atoms with E-state index < -0.39 is 0 Å². The number of nitrogens with zero attached hydrogens (tertiary/aromatic N) is 3. The van der Waals surface area contributed by atoms with Crippen LogP contribution in [0.25, 0.3) is 0 Å². The van der Waals surface area contributed by atoms with E-state index in [1.807, 2.05) is 6.20 Å². The molecule has 0 atom stereocenters. The van der Waals surface area contributed by atoms with E-state index in [2.05, 4.69) is 27.1 Å². The maximum absolute atomic E-state index is 10.9. The monoisotopic (exact) mass is 291 g/mol. The van der Waals surface area contributed by atoms with Crippen molar-refractivity contribution in [3.05, 3.63) is 18.1 Å². The van der Waals surface area contributed by atoms with Gasteiger partial charge in [0.05, 0.1) is 18.1 Å². The van der Waals surface area contributed by atoms with Crippen molar-refractivity contribution in [1.29, 1.82) is 0 Å². The molecule has 1 saturated heterocycles. The number of hydrogen-bond donors (Lipinski definition) is 2. The number of aromatic nitrogens is 2. The average molecular weight is 291 g/mol. The summed E-state index contributed by atoms with van der Waals surface area (Å²) in [6.07, 6.45) is 7.30. The van der Waals surface area contributed by atoms with Crippen molar-refractivity contribution in [2.45, 2.75) is 39.2 Å². The number of anilines is 1. The van der Waals surface area contributed by atoms with E-state index in [0.717, 1.165) is 57.0 Å². The molecule has 0 unspecified atom stereocenters. The lowest BCUT2D eigenvalue weighted by molar-refractivity contribution is -0.119. The van der Waals surface area contributed by atoms with Gasteiger partial charge in [0.2, 0.25) is 5.91 Å². The second kappa shape index (κ2) is 7.93. The number of nitrogens with two attached hydrogens (primary N) is 1. The summed E-state index contributed by atoms with van der Waals surface area (Å²) in [6.45, 7) is 5.85. The van der Waals surface area contributed by atoms with Gasteiger partial charge in [0, 0.05) is 19.5 Å². The van der Waals surface area contributed by atoms with Gasteiger partial charge < -0.3 is 11.1 Å². The third-order valence-electron chi connectivity index (χ3n) is 3.84. The Morgan fingerprint density at radius 1 is 1.38 bits per heavy atom. The normalized spacial score (nSPS) is 16.8. The van der Waals surface area contributed by atoms with Crippen LogP contribution >= 0.6 is 0 Å². The van der Waals surface area contributed by atoms with Crippen molar-refractivity contribution in [3.8, 4) is 0 Å². The largest absolute Gasteiger partial charge is 0.370 e. The topological polar surface area (TPSA) is 84.1 Å². The zero-order chi connectivity index (χ0) is 15.1. The van der Waals surface area contributed by atoms with Crippen LogP contribution in [0.2, 0.25) is 0 Å². The minimum Gasteiger partial charge on any atom is -0.370 e. The summed E-state index contributed by atoms with van der Waals surface area (Å²) in [6, 6.07) is 0. The van der Waals surface area contributed by atoms with Gasteiger partial charge in [-0.05, 0) is 38.3 Å². The molecule has 1 amide bonds. The highest BCUT2D eigenvalue weighted by molar-refractivity contribution is 5.73. The van der Waals surface area contributed by atoms with E-state index in [9.17, 15) is 4.79 Å². The Bertz CT molecular complexity index is 440. The van der Waals surface area contributed by atoms with E-state index in [0.29, 0.717) is 12.3 Å². The van der Waals surface area contributed by atoms with Gasteiger partial charge in [-0.3, -0.25) is 14.7 Å². The summed E-state index contributed by atoms with van der Waals surface area (Å²) in [5.41, 5.74) is 6.24. The van der Waals surface area contributed by atoms with Crippen LogP contribution in [-0.2, 0) is 11.3 Å². The van der Waals surface area contributed by atoms with Crippen molar-refractivity contribution in [2.24, 2.45) is 11.7 Å². The second-order valence-corrected chi connectivity index (χ2v) is 5.71. The third kappa shape index (κ3) is 5.30. The highest BCUT2D eigenvalue weighted by Gasteiger charge is 2.20. The SMILES string of the molecule is CCCNc1cnc(CN2CCC(CC(N)=O)CC2)cn1. The lowest BCUT2D eigenvalue weighted by Gasteiger charge is -2.31. The highest BCUT2D eigenvalue weighted by Crippen LogP contribution is 2.21. The fraction of sp³-hybridized carbons (Fsp3) is 0.667. The predicted octanol–water partition coefficient (Wildman–Crippen LogP) is 1.39. The van der Waals surface area contributed by atoms with E-state index >= 15 is 0 Å². The lowest BCUT2D eigenvalue weighted by Crippen LogP contribution is -2.34. The number of amides is 1. The van der Waals surface area contributed by atoms with Crippen LogP contribution in [0.5, 0.6) is 0 Å². The Balaban J connectivity index is 1.76. The molecule has 0 spiro atoms. The molecule has 0 saturated carbocycles. The molecular weight excluding hydrogens is 266 g/mol. The molecule has 1 fully saturated rings. The van der Waals surface area contributed by atoms with Gasteiger partial charge in [0.1, 0.15) is 5.82 Å². The molecule has 3 N–H and O–H groups in total. The lowest BCUT2D eigenvalue weighted by atomic mass is 9.93. The number of carbonyl (C=O) groups is 1. The number of piperidine rings is 1. The van der Waals surface area contributed by atoms with E-state index in [4.69, 9.17) is 5.73 Å². The molecule has 1 aliphatic heterocycles. The van der Waals surface area contributed by atoms with Crippen molar-refractivity contribution in [1.82, 2.24) is 14.9 Å². The molecule has 0 bridgehead atoms. The molecule has 6 heteroatoms. The Kier molecular flexibility index (Phi) is 5.92. The van der Waals surface area contributed by atoms with Gasteiger partial charge in [-0.25, -0.2) is 4.98 Å². The molecule has 116 valence electrons. The van der Waals surface area contributed by atoms with Gasteiger partial charge in [-0.15, -0.1) is 0 Å². The van der Waals surface area contributed by atoms with Crippen molar-refractivity contribution in [2.75, 3.05) is 25.0 Å². The van der Waals surface area contributed by atoms with Crippen molar-refractivity contribution < 1.29 is 4.79 Å². The zero-order valence-electron chi connectivity index (χ0n) is 12.7. The molecule has 0 aliphatic carbocycles. The maximum atomic E-state index is 10.9. The number of carbonyl (C=O) groups excluding carboxylic acids is 1. The molecule has 1 aromatic heterocycles. The molecule has 2 heterocycles. The van der Waals surface area contributed by atoms with Gasteiger partial charge in [-0.2, -0.15) is 0 Å². The summed E-state index contributed by atoms with van der Waals surface area (Å²) in [5.74, 6) is 1.10. The molecule has 1 aliphatic rings. The number of hydrogen-bond acceptors (Lipinski definition) is 5. The number of rotatable bonds is 7. The van der Waals surface area contributed by atoms with E-state index in [1.54, 1.807) is 6.20 Å². The molecule has 21 heavy (non-hydrogen) atoms. The summed E-state index contributed by atoms with van der Waals surface area (Å²) in [5, 5.41) is 3.22. The quantitative estimate of drug-likeness (QED) is 0.793. The first-order chi connectivity index (χ1) is 10.2. The Morgan fingerprint density at radius 3 is 2.71 bits per heavy atom. The van der Waals surface area contributed by atoms with Crippen LogP contribution in [-0.4, -0.2) is 40.4 Å². The molecule has 1 aromatic rings. The Hall–Kier alpha value is -1.69. The predicted molar refractivity (Wildman–Crippen MR) is 82.6 cm³/mol. The maximum Gasteiger partial charge on any atom is 0.217 e. The number of nitrogens with one attached hydrogen (secondary N) is 1. The van der Waals surface area contributed by atoms with Crippen LogP contribution in [0.4, 0.5) is 5.82 Å². The Morgan fingerprint density at radius 2 is 2.14 bits per heavy atom. The summed E-state index contributed by atoms with van der Waals surface area (Å²) in [4.78, 5) is 22.1. The smallest absolute Gasteiger partial charge is 0.217 e. The molecule has 2 rings (SSSR count). The molecule has 0 aromatic carbocycles. The average Bonchev–Trinajstić information content (AvgIpc) is 2.48. The second-order valence-electron chi connectivity index (χ2n) is 5.71. The minimum atomic E-state index is -0.186. The summed E-state index contributed by atoms with van der Waals surface area (Å²) >= 11 is 0. The van der Waals surface area contributed by atoms with Gasteiger partial charge >= 0.3 is 0 Å².